The lowest BCUT2D eigenvalue weighted by Gasteiger charge is -2.05. The van der Waals surface area contributed by atoms with Crippen LogP contribution in [-0.4, -0.2) is 10.2 Å². The van der Waals surface area contributed by atoms with E-state index in [9.17, 15) is 0 Å². The number of H-pyrrole nitrogens is 1. The van der Waals surface area contributed by atoms with Gasteiger partial charge in [-0.25, -0.2) is 0 Å². The molecule has 0 radical (unpaired) electrons. The van der Waals surface area contributed by atoms with Crippen molar-refractivity contribution in [3.8, 4) is 0 Å². The first-order valence-corrected chi connectivity index (χ1v) is 4.05. The van der Waals surface area contributed by atoms with Crippen LogP contribution in [0.15, 0.2) is 18.8 Å². The van der Waals surface area contributed by atoms with E-state index < -0.39 is 0 Å². The number of hydrogen-bond donors (Lipinski definition) is 1. The Hall–Kier alpha value is -1.05. The van der Waals surface area contributed by atoms with E-state index in [1.165, 1.54) is 0 Å². The van der Waals surface area contributed by atoms with E-state index >= 15 is 0 Å². The van der Waals surface area contributed by atoms with Crippen LogP contribution < -0.4 is 0 Å². The summed E-state index contributed by atoms with van der Waals surface area (Å²) in [6.45, 7) is 12.3. The van der Waals surface area contributed by atoms with Gasteiger partial charge in [0.25, 0.3) is 0 Å². The largest absolute Gasteiger partial charge is 0.278 e. The molecule has 1 aromatic heterocycles. The zero-order valence-electron chi connectivity index (χ0n) is 8.39. The average Bonchev–Trinajstić information content (AvgIpc) is 2.33. The standard InChI is InChI=1S/C5H6N2.C5H12/c1-2-5-3-4-6-7-5;1-5(2,3)4/h2-4H,1H2,(H,6,7);1-4H3. The molecule has 0 aliphatic carbocycles. The van der Waals surface area contributed by atoms with Crippen molar-refractivity contribution in [3.05, 3.63) is 24.5 Å². The van der Waals surface area contributed by atoms with E-state index in [1.54, 1.807) is 12.3 Å². The Morgan fingerprint density at radius 1 is 1.42 bits per heavy atom. The van der Waals surface area contributed by atoms with Crippen molar-refractivity contribution in [3.63, 3.8) is 0 Å². The van der Waals surface area contributed by atoms with Crippen molar-refractivity contribution in [2.24, 2.45) is 5.41 Å². The molecule has 0 amide bonds. The van der Waals surface area contributed by atoms with E-state index in [-0.39, 0.29) is 0 Å². The Labute approximate surface area is 74.7 Å². The molecule has 0 saturated heterocycles. The average molecular weight is 166 g/mol. The van der Waals surface area contributed by atoms with Crippen molar-refractivity contribution in [2.45, 2.75) is 27.7 Å². The van der Waals surface area contributed by atoms with Crippen molar-refractivity contribution >= 4 is 6.08 Å². The van der Waals surface area contributed by atoms with Gasteiger partial charge in [-0.1, -0.05) is 34.3 Å². The summed E-state index contributed by atoms with van der Waals surface area (Å²) in [7, 11) is 0. The monoisotopic (exact) mass is 166 g/mol. The van der Waals surface area contributed by atoms with Gasteiger partial charge in [-0.3, -0.25) is 5.10 Å². The molecule has 68 valence electrons. The molecule has 2 heteroatoms. The lowest BCUT2D eigenvalue weighted by Crippen LogP contribution is -1.93. The fourth-order valence-electron chi connectivity index (χ4n) is 0.380. The van der Waals surface area contributed by atoms with Crippen LogP contribution in [-0.2, 0) is 0 Å². The molecule has 0 atom stereocenters. The van der Waals surface area contributed by atoms with Crippen LogP contribution in [0.3, 0.4) is 0 Å². The first-order valence-electron chi connectivity index (χ1n) is 4.05. The van der Waals surface area contributed by atoms with Gasteiger partial charge in [0.2, 0.25) is 0 Å². The van der Waals surface area contributed by atoms with Gasteiger partial charge in [-0.05, 0) is 17.6 Å². The van der Waals surface area contributed by atoms with Gasteiger partial charge >= 0.3 is 0 Å². The predicted molar refractivity (Wildman–Crippen MR) is 53.8 cm³/mol. The van der Waals surface area contributed by atoms with Crippen LogP contribution in [0.1, 0.15) is 33.4 Å². The number of rotatable bonds is 1. The lowest BCUT2D eigenvalue weighted by molar-refractivity contribution is 0.469. The number of hydrogen-bond acceptors (Lipinski definition) is 1. The van der Waals surface area contributed by atoms with Gasteiger partial charge < -0.3 is 0 Å². The highest BCUT2D eigenvalue weighted by molar-refractivity contribution is 5.39. The Kier molecular flexibility index (Phi) is 4.34. The van der Waals surface area contributed by atoms with Gasteiger partial charge in [0.1, 0.15) is 0 Å². The quantitative estimate of drug-likeness (QED) is 0.682. The number of aromatic nitrogens is 2. The van der Waals surface area contributed by atoms with Crippen LogP contribution in [0.4, 0.5) is 0 Å². The van der Waals surface area contributed by atoms with Crippen LogP contribution in [0, 0.1) is 5.41 Å². The zero-order valence-corrected chi connectivity index (χ0v) is 8.39. The maximum Gasteiger partial charge on any atom is 0.0571 e. The van der Waals surface area contributed by atoms with E-state index in [4.69, 9.17) is 0 Å². The smallest absolute Gasteiger partial charge is 0.0571 e. The van der Waals surface area contributed by atoms with Crippen LogP contribution in [0.5, 0.6) is 0 Å². The molecule has 0 spiro atoms. The van der Waals surface area contributed by atoms with Crippen molar-refractivity contribution in [1.29, 1.82) is 0 Å². The fourth-order valence-corrected chi connectivity index (χ4v) is 0.380. The maximum atomic E-state index is 3.70. The second-order valence-electron chi connectivity index (χ2n) is 4.22. The minimum Gasteiger partial charge on any atom is -0.278 e. The molecule has 0 saturated carbocycles. The minimum absolute atomic E-state index is 0.500. The van der Waals surface area contributed by atoms with E-state index in [0.29, 0.717) is 5.41 Å². The minimum atomic E-state index is 0.500. The third-order valence-corrected chi connectivity index (χ3v) is 0.742. The fraction of sp³-hybridized carbons (Fsp3) is 0.500. The molecule has 1 rings (SSSR count). The predicted octanol–water partition coefficient (Wildman–Crippen LogP) is 3.11. The molecular weight excluding hydrogens is 148 g/mol. The van der Waals surface area contributed by atoms with Crippen molar-refractivity contribution in [2.75, 3.05) is 0 Å². The Balaban J connectivity index is 0.000000217. The topological polar surface area (TPSA) is 28.7 Å². The Morgan fingerprint density at radius 3 is 2.08 bits per heavy atom. The molecular formula is C10H18N2. The highest BCUT2D eigenvalue weighted by atomic mass is 15.1. The van der Waals surface area contributed by atoms with Gasteiger partial charge in [0.15, 0.2) is 0 Å². The number of aromatic amines is 1. The molecule has 1 heterocycles. The summed E-state index contributed by atoms with van der Waals surface area (Å²) in [5.41, 5.74) is 1.46. The molecule has 0 fully saturated rings. The Morgan fingerprint density at radius 2 is 1.92 bits per heavy atom. The summed E-state index contributed by atoms with van der Waals surface area (Å²) in [4.78, 5) is 0. The molecule has 0 aliphatic heterocycles. The molecule has 1 aromatic rings. The number of nitrogens with one attached hydrogen (secondary N) is 1. The molecule has 0 unspecified atom stereocenters. The normalized spacial score (nSPS) is 10.0. The lowest BCUT2D eigenvalue weighted by atomic mass is 10.0. The summed E-state index contributed by atoms with van der Waals surface area (Å²) in [6, 6.07) is 1.85. The van der Waals surface area contributed by atoms with Gasteiger partial charge in [-0.15, -0.1) is 0 Å². The van der Waals surface area contributed by atoms with Gasteiger partial charge in [-0.2, -0.15) is 5.10 Å². The summed E-state index contributed by atoms with van der Waals surface area (Å²) >= 11 is 0. The van der Waals surface area contributed by atoms with Crippen molar-refractivity contribution in [1.82, 2.24) is 10.2 Å². The summed E-state index contributed by atoms with van der Waals surface area (Å²) in [5, 5.41) is 6.42. The van der Waals surface area contributed by atoms with Crippen molar-refractivity contribution < 1.29 is 0 Å². The molecule has 1 N–H and O–H groups in total. The van der Waals surface area contributed by atoms with Gasteiger partial charge in [0, 0.05) is 6.20 Å². The SMILES string of the molecule is C=Cc1ccn[nH]1.CC(C)(C)C. The molecule has 0 bridgehead atoms. The van der Waals surface area contributed by atoms with Crippen LogP contribution in [0.25, 0.3) is 6.08 Å². The highest BCUT2D eigenvalue weighted by Crippen LogP contribution is 2.08. The van der Waals surface area contributed by atoms with Crippen LogP contribution in [0.2, 0.25) is 0 Å². The first-order chi connectivity index (χ1) is 5.43. The van der Waals surface area contributed by atoms with E-state index in [0.717, 1.165) is 5.69 Å². The Bertz CT molecular complexity index is 198. The molecule has 12 heavy (non-hydrogen) atoms. The highest BCUT2D eigenvalue weighted by Gasteiger charge is 1.95. The third kappa shape index (κ3) is 8.95. The third-order valence-electron chi connectivity index (χ3n) is 0.742. The second-order valence-corrected chi connectivity index (χ2v) is 4.22. The molecule has 0 aromatic carbocycles. The number of nitrogens with zero attached hydrogens (tertiary/aromatic N) is 1. The van der Waals surface area contributed by atoms with E-state index in [1.807, 2.05) is 6.07 Å². The zero-order chi connectivity index (χ0) is 9.61. The summed E-state index contributed by atoms with van der Waals surface area (Å²) < 4.78 is 0. The summed E-state index contributed by atoms with van der Waals surface area (Å²) in [5.74, 6) is 0. The summed E-state index contributed by atoms with van der Waals surface area (Å²) in [6.07, 6.45) is 3.41. The van der Waals surface area contributed by atoms with Crippen LogP contribution >= 0.6 is 0 Å². The van der Waals surface area contributed by atoms with Gasteiger partial charge in [0.05, 0.1) is 5.69 Å². The first kappa shape index (κ1) is 11.0. The van der Waals surface area contributed by atoms with E-state index in [2.05, 4.69) is 44.5 Å². The second kappa shape index (κ2) is 4.75. The molecule has 0 aliphatic rings. The molecule has 2 nitrogen and oxygen atoms in total. The maximum absolute atomic E-state index is 3.70.